The Kier molecular flexibility index (Phi) is 8.43. The smallest absolute Gasteiger partial charge is 0.331 e. The van der Waals surface area contributed by atoms with Gasteiger partial charge in [-0.15, -0.1) is 0 Å². The Morgan fingerprint density at radius 3 is 2.40 bits per heavy atom. The van der Waals surface area contributed by atoms with Crippen molar-refractivity contribution in [3.63, 3.8) is 0 Å². The fraction of sp³-hybridized carbons (Fsp3) is 0.227. The Balaban J connectivity index is 1.89. The molecule has 0 bridgehead atoms. The molecule has 0 aliphatic rings. The summed E-state index contributed by atoms with van der Waals surface area (Å²) < 4.78 is 15.5. The number of carbonyl (C=O) groups excluding carboxylic acids is 3. The van der Waals surface area contributed by atoms with Crippen LogP contribution in [0.5, 0.6) is 11.5 Å². The van der Waals surface area contributed by atoms with Crippen LogP contribution in [0.25, 0.3) is 6.08 Å². The van der Waals surface area contributed by atoms with Crippen LogP contribution in [0, 0.1) is 0 Å². The van der Waals surface area contributed by atoms with Gasteiger partial charge < -0.3 is 24.8 Å². The van der Waals surface area contributed by atoms with Crippen molar-refractivity contribution < 1.29 is 28.6 Å². The lowest BCUT2D eigenvalue weighted by Crippen LogP contribution is -2.20. The van der Waals surface area contributed by atoms with E-state index in [4.69, 9.17) is 14.2 Å². The molecule has 2 aromatic rings. The topological polar surface area (TPSA) is 103 Å². The quantitative estimate of drug-likeness (QED) is 0.484. The first-order chi connectivity index (χ1) is 14.4. The first kappa shape index (κ1) is 22.5. The third-order valence-corrected chi connectivity index (χ3v) is 3.74. The van der Waals surface area contributed by atoms with Crippen LogP contribution >= 0.6 is 0 Å². The van der Waals surface area contributed by atoms with E-state index >= 15 is 0 Å². The Bertz CT molecular complexity index is 922. The monoisotopic (exact) mass is 412 g/mol. The molecule has 0 aromatic heterocycles. The average molecular weight is 412 g/mol. The van der Waals surface area contributed by atoms with Gasteiger partial charge in [-0.3, -0.25) is 9.59 Å². The van der Waals surface area contributed by atoms with Crippen LogP contribution in [0.15, 0.2) is 48.5 Å². The molecule has 0 atom stereocenters. The minimum absolute atomic E-state index is 0.245. The summed E-state index contributed by atoms with van der Waals surface area (Å²) in [5.74, 6) is -0.300. The third kappa shape index (κ3) is 7.31. The van der Waals surface area contributed by atoms with Crippen LogP contribution in [0.3, 0.4) is 0 Å². The van der Waals surface area contributed by atoms with Gasteiger partial charge in [0.2, 0.25) is 5.91 Å². The highest BCUT2D eigenvalue weighted by Crippen LogP contribution is 2.27. The minimum Gasteiger partial charge on any atom is -0.495 e. The highest BCUT2D eigenvalue weighted by Gasteiger charge is 2.11. The molecular weight excluding hydrogens is 388 g/mol. The maximum absolute atomic E-state index is 12.1. The number of benzene rings is 2. The number of ether oxygens (including phenoxy) is 3. The third-order valence-electron chi connectivity index (χ3n) is 3.74. The fourth-order valence-electron chi connectivity index (χ4n) is 2.46. The van der Waals surface area contributed by atoms with Gasteiger partial charge in [-0.1, -0.05) is 12.1 Å². The summed E-state index contributed by atoms with van der Waals surface area (Å²) in [5, 5.41) is 5.21. The van der Waals surface area contributed by atoms with E-state index in [1.54, 1.807) is 48.5 Å². The summed E-state index contributed by atoms with van der Waals surface area (Å²) in [5.41, 5.74) is 1.63. The standard InChI is InChI=1S/C22H24N2O6/c1-4-29-18-9-5-16(6-10-18)7-12-22(27)30-14-21(26)24-19-13-17(23-15(2)25)8-11-20(19)28-3/h5-13H,4,14H2,1-3H3,(H,23,25)(H,24,26)/b12-7+. The van der Waals surface area contributed by atoms with Gasteiger partial charge in [0.25, 0.3) is 5.91 Å². The average Bonchev–Trinajstić information content (AvgIpc) is 2.72. The number of amides is 2. The second-order valence-corrected chi connectivity index (χ2v) is 6.09. The Morgan fingerprint density at radius 2 is 1.77 bits per heavy atom. The Morgan fingerprint density at radius 1 is 1.03 bits per heavy atom. The first-order valence-corrected chi connectivity index (χ1v) is 9.24. The van der Waals surface area contributed by atoms with E-state index in [0.29, 0.717) is 23.7 Å². The van der Waals surface area contributed by atoms with Crippen molar-refractivity contribution in [1.29, 1.82) is 0 Å². The van der Waals surface area contributed by atoms with Gasteiger partial charge in [-0.05, 0) is 48.9 Å². The van der Waals surface area contributed by atoms with Gasteiger partial charge in [0.1, 0.15) is 11.5 Å². The molecule has 0 unspecified atom stereocenters. The van der Waals surface area contributed by atoms with Crippen LogP contribution < -0.4 is 20.1 Å². The van der Waals surface area contributed by atoms with Crippen LogP contribution in [0.2, 0.25) is 0 Å². The van der Waals surface area contributed by atoms with E-state index in [-0.39, 0.29) is 5.91 Å². The number of methoxy groups -OCH3 is 1. The Labute approximate surface area is 174 Å². The molecule has 0 radical (unpaired) electrons. The van der Waals surface area contributed by atoms with E-state index in [1.165, 1.54) is 20.1 Å². The van der Waals surface area contributed by atoms with Crippen LogP contribution in [0.4, 0.5) is 11.4 Å². The first-order valence-electron chi connectivity index (χ1n) is 9.24. The van der Waals surface area contributed by atoms with E-state index in [9.17, 15) is 14.4 Å². The molecule has 0 saturated heterocycles. The Hall–Kier alpha value is -3.81. The van der Waals surface area contributed by atoms with Crippen molar-refractivity contribution in [2.45, 2.75) is 13.8 Å². The molecule has 0 spiro atoms. The van der Waals surface area contributed by atoms with Crippen LogP contribution in [0.1, 0.15) is 19.4 Å². The number of hydrogen-bond acceptors (Lipinski definition) is 6. The number of esters is 1. The largest absolute Gasteiger partial charge is 0.495 e. The SMILES string of the molecule is CCOc1ccc(/C=C/C(=O)OCC(=O)Nc2cc(NC(C)=O)ccc2OC)cc1. The predicted molar refractivity (Wildman–Crippen MR) is 114 cm³/mol. The van der Waals surface area contributed by atoms with Gasteiger partial charge in [0.15, 0.2) is 6.61 Å². The van der Waals surface area contributed by atoms with E-state index in [2.05, 4.69) is 10.6 Å². The molecule has 8 heteroatoms. The summed E-state index contributed by atoms with van der Waals surface area (Å²) in [6, 6.07) is 12.0. The molecule has 2 rings (SSSR count). The molecule has 0 saturated carbocycles. The molecule has 0 aliphatic carbocycles. The van der Waals surface area contributed by atoms with Gasteiger partial charge in [-0.2, -0.15) is 0 Å². The van der Waals surface area contributed by atoms with Crippen molar-refractivity contribution in [2.75, 3.05) is 31.0 Å². The summed E-state index contributed by atoms with van der Waals surface area (Å²) in [6.07, 6.45) is 2.82. The van der Waals surface area contributed by atoms with Crippen molar-refractivity contribution in [3.8, 4) is 11.5 Å². The molecule has 158 valence electrons. The van der Waals surface area contributed by atoms with Gasteiger partial charge in [-0.25, -0.2) is 4.79 Å². The molecule has 8 nitrogen and oxygen atoms in total. The van der Waals surface area contributed by atoms with Gasteiger partial charge >= 0.3 is 5.97 Å². The van der Waals surface area contributed by atoms with E-state index in [1.807, 2.05) is 6.92 Å². The lowest BCUT2D eigenvalue weighted by Gasteiger charge is -2.12. The van der Waals surface area contributed by atoms with Crippen molar-refractivity contribution >= 4 is 35.2 Å². The number of carbonyl (C=O) groups is 3. The molecule has 2 aromatic carbocycles. The number of nitrogens with one attached hydrogen (secondary N) is 2. The zero-order valence-electron chi connectivity index (χ0n) is 17.1. The highest BCUT2D eigenvalue weighted by atomic mass is 16.5. The maximum atomic E-state index is 12.1. The summed E-state index contributed by atoms with van der Waals surface area (Å²) in [4.78, 5) is 35.2. The van der Waals surface area contributed by atoms with Crippen LogP contribution in [-0.4, -0.2) is 38.1 Å². The zero-order chi connectivity index (χ0) is 21.9. The van der Waals surface area contributed by atoms with Gasteiger partial charge in [0.05, 0.1) is 19.4 Å². The summed E-state index contributed by atoms with van der Waals surface area (Å²) >= 11 is 0. The van der Waals surface area contributed by atoms with Crippen LogP contribution in [-0.2, 0) is 19.1 Å². The lowest BCUT2D eigenvalue weighted by molar-refractivity contribution is -0.142. The summed E-state index contributed by atoms with van der Waals surface area (Å²) in [6.45, 7) is 3.38. The minimum atomic E-state index is -0.655. The second kappa shape index (κ2) is 11.3. The molecule has 2 amide bonds. The van der Waals surface area contributed by atoms with E-state index in [0.717, 1.165) is 11.3 Å². The molecule has 2 N–H and O–H groups in total. The molecule has 0 heterocycles. The molecule has 0 fully saturated rings. The molecule has 0 aliphatic heterocycles. The van der Waals surface area contributed by atoms with Gasteiger partial charge in [0, 0.05) is 18.7 Å². The zero-order valence-corrected chi connectivity index (χ0v) is 17.1. The highest BCUT2D eigenvalue weighted by molar-refractivity contribution is 5.97. The maximum Gasteiger partial charge on any atom is 0.331 e. The van der Waals surface area contributed by atoms with E-state index < -0.39 is 18.5 Å². The summed E-state index contributed by atoms with van der Waals surface area (Å²) in [7, 11) is 1.45. The predicted octanol–water partition coefficient (Wildman–Crippen LogP) is 3.25. The number of anilines is 2. The fourth-order valence-corrected chi connectivity index (χ4v) is 2.46. The van der Waals surface area contributed by atoms with Crippen molar-refractivity contribution in [2.24, 2.45) is 0 Å². The van der Waals surface area contributed by atoms with Crippen molar-refractivity contribution in [3.05, 3.63) is 54.1 Å². The van der Waals surface area contributed by atoms with Crippen molar-refractivity contribution in [1.82, 2.24) is 0 Å². The number of rotatable bonds is 9. The molecular formula is C22H24N2O6. The number of hydrogen-bond donors (Lipinski definition) is 2. The second-order valence-electron chi connectivity index (χ2n) is 6.09. The normalized spacial score (nSPS) is 10.4. The lowest BCUT2D eigenvalue weighted by atomic mass is 10.2. The molecule has 30 heavy (non-hydrogen) atoms.